The van der Waals surface area contributed by atoms with E-state index >= 15 is 0 Å². The summed E-state index contributed by atoms with van der Waals surface area (Å²) in [6, 6.07) is 5.05. The summed E-state index contributed by atoms with van der Waals surface area (Å²) in [6.07, 6.45) is 3.84. The van der Waals surface area contributed by atoms with Crippen molar-refractivity contribution in [3.63, 3.8) is 0 Å². The first-order valence-electron chi connectivity index (χ1n) is 5.88. The molecular weight excluding hydrogens is 230 g/mol. The van der Waals surface area contributed by atoms with E-state index in [1.165, 1.54) is 6.07 Å². The van der Waals surface area contributed by atoms with Crippen molar-refractivity contribution in [2.75, 3.05) is 7.11 Å². The van der Waals surface area contributed by atoms with Crippen LogP contribution in [0.25, 0.3) is 11.4 Å². The van der Waals surface area contributed by atoms with Gasteiger partial charge in [-0.25, -0.2) is 4.98 Å². The van der Waals surface area contributed by atoms with Crippen molar-refractivity contribution in [1.82, 2.24) is 15.0 Å². The monoisotopic (exact) mass is 243 g/mol. The molecule has 0 unspecified atom stereocenters. The predicted octanol–water partition coefficient (Wildman–Crippen LogP) is 1.72. The zero-order valence-electron chi connectivity index (χ0n) is 10.0. The number of H-pyrrole nitrogens is 1. The van der Waals surface area contributed by atoms with E-state index in [2.05, 4.69) is 15.0 Å². The summed E-state index contributed by atoms with van der Waals surface area (Å²) >= 11 is 0. The van der Waals surface area contributed by atoms with Gasteiger partial charge in [0.05, 0.1) is 7.11 Å². The van der Waals surface area contributed by atoms with Crippen molar-refractivity contribution in [3.05, 3.63) is 40.6 Å². The summed E-state index contributed by atoms with van der Waals surface area (Å²) in [7, 11) is 1.58. The molecule has 0 atom stereocenters. The summed E-state index contributed by atoms with van der Waals surface area (Å²) in [4.78, 5) is 23.2. The Hall–Kier alpha value is -2.17. The standard InChI is InChI=1S/C13H13N3O2/c1-18-10-3-2-6-14-12(10)9-7-11(17)16-13(15-9)8-4-5-8/h2-3,6-8H,4-5H2,1H3,(H,15,16,17). The van der Waals surface area contributed by atoms with Gasteiger partial charge in [0.25, 0.3) is 5.56 Å². The average molecular weight is 243 g/mol. The lowest BCUT2D eigenvalue weighted by atomic mass is 10.2. The van der Waals surface area contributed by atoms with Crippen LogP contribution in [0.5, 0.6) is 5.75 Å². The van der Waals surface area contributed by atoms with Gasteiger partial charge in [0.1, 0.15) is 23.0 Å². The van der Waals surface area contributed by atoms with Crippen LogP contribution in [0.2, 0.25) is 0 Å². The Morgan fingerprint density at radius 3 is 3.00 bits per heavy atom. The lowest BCUT2D eigenvalue weighted by Gasteiger charge is -2.07. The molecule has 0 aromatic carbocycles. The van der Waals surface area contributed by atoms with E-state index in [1.807, 2.05) is 6.07 Å². The Morgan fingerprint density at radius 2 is 2.28 bits per heavy atom. The van der Waals surface area contributed by atoms with Crippen molar-refractivity contribution >= 4 is 0 Å². The van der Waals surface area contributed by atoms with Gasteiger partial charge in [-0.2, -0.15) is 0 Å². The van der Waals surface area contributed by atoms with Crippen LogP contribution in [-0.2, 0) is 0 Å². The van der Waals surface area contributed by atoms with Crippen LogP contribution in [0, 0.1) is 0 Å². The van der Waals surface area contributed by atoms with E-state index in [4.69, 9.17) is 4.74 Å². The maximum Gasteiger partial charge on any atom is 0.251 e. The van der Waals surface area contributed by atoms with Gasteiger partial charge >= 0.3 is 0 Å². The molecule has 5 nitrogen and oxygen atoms in total. The first kappa shape index (κ1) is 11.0. The van der Waals surface area contributed by atoms with Gasteiger partial charge in [-0.15, -0.1) is 0 Å². The summed E-state index contributed by atoms with van der Waals surface area (Å²) in [5.74, 6) is 1.77. The number of methoxy groups -OCH3 is 1. The van der Waals surface area contributed by atoms with Gasteiger partial charge in [-0.1, -0.05) is 0 Å². The highest BCUT2D eigenvalue weighted by Crippen LogP contribution is 2.38. The molecule has 1 aliphatic carbocycles. The minimum Gasteiger partial charge on any atom is -0.494 e. The highest BCUT2D eigenvalue weighted by molar-refractivity contribution is 5.61. The molecule has 2 heterocycles. The maximum atomic E-state index is 11.7. The Kier molecular flexibility index (Phi) is 2.59. The van der Waals surface area contributed by atoms with Gasteiger partial charge in [-0.05, 0) is 25.0 Å². The highest BCUT2D eigenvalue weighted by Gasteiger charge is 2.26. The number of nitrogens with one attached hydrogen (secondary N) is 1. The molecule has 0 radical (unpaired) electrons. The minimum atomic E-state index is -0.144. The zero-order valence-corrected chi connectivity index (χ0v) is 10.0. The lowest BCUT2D eigenvalue weighted by molar-refractivity contribution is 0.414. The van der Waals surface area contributed by atoms with E-state index in [-0.39, 0.29) is 5.56 Å². The maximum absolute atomic E-state index is 11.7. The quantitative estimate of drug-likeness (QED) is 0.891. The molecule has 0 saturated heterocycles. The van der Waals surface area contributed by atoms with Crippen LogP contribution in [0.4, 0.5) is 0 Å². The number of hydrogen-bond acceptors (Lipinski definition) is 4. The van der Waals surface area contributed by atoms with Crippen LogP contribution in [0.1, 0.15) is 24.6 Å². The van der Waals surface area contributed by atoms with Crippen molar-refractivity contribution in [3.8, 4) is 17.1 Å². The second kappa shape index (κ2) is 4.25. The van der Waals surface area contributed by atoms with Crippen LogP contribution in [0.15, 0.2) is 29.2 Å². The molecule has 0 bridgehead atoms. The molecular formula is C13H13N3O2. The number of nitrogens with zero attached hydrogens (tertiary/aromatic N) is 2. The Bertz CT molecular complexity index is 632. The van der Waals surface area contributed by atoms with Crippen LogP contribution < -0.4 is 10.3 Å². The van der Waals surface area contributed by atoms with Gasteiger partial charge in [0.2, 0.25) is 0 Å². The fourth-order valence-corrected chi connectivity index (χ4v) is 1.90. The summed E-state index contributed by atoms with van der Waals surface area (Å²) in [6.45, 7) is 0. The van der Waals surface area contributed by atoms with Crippen molar-refractivity contribution in [1.29, 1.82) is 0 Å². The van der Waals surface area contributed by atoms with E-state index in [9.17, 15) is 4.79 Å². The molecule has 2 aromatic rings. The van der Waals surface area contributed by atoms with Gasteiger partial charge in [0, 0.05) is 18.2 Å². The van der Waals surface area contributed by atoms with Crippen LogP contribution in [-0.4, -0.2) is 22.1 Å². The third-order valence-electron chi connectivity index (χ3n) is 2.96. The molecule has 18 heavy (non-hydrogen) atoms. The Labute approximate surface area is 104 Å². The minimum absolute atomic E-state index is 0.144. The first-order chi connectivity index (χ1) is 8.78. The number of ether oxygens (including phenoxy) is 1. The van der Waals surface area contributed by atoms with Gasteiger partial charge in [-0.3, -0.25) is 9.78 Å². The SMILES string of the molecule is COc1cccnc1-c1cc(=O)[nH]c(C2CC2)n1. The molecule has 1 N–H and O–H groups in total. The molecule has 5 heteroatoms. The second-order valence-corrected chi connectivity index (χ2v) is 4.34. The Balaban J connectivity index is 2.13. The van der Waals surface area contributed by atoms with Crippen molar-refractivity contribution in [2.45, 2.75) is 18.8 Å². The topological polar surface area (TPSA) is 67.9 Å². The predicted molar refractivity (Wildman–Crippen MR) is 66.6 cm³/mol. The van der Waals surface area contributed by atoms with E-state index in [0.29, 0.717) is 23.1 Å². The average Bonchev–Trinajstić information content (AvgIpc) is 3.22. The zero-order chi connectivity index (χ0) is 12.5. The normalized spacial score (nSPS) is 14.5. The van der Waals surface area contributed by atoms with Crippen molar-refractivity contribution < 1.29 is 4.74 Å². The van der Waals surface area contributed by atoms with Gasteiger partial charge in [0.15, 0.2) is 0 Å². The molecule has 1 saturated carbocycles. The van der Waals surface area contributed by atoms with Crippen molar-refractivity contribution in [2.24, 2.45) is 0 Å². The van der Waals surface area contributed by atoms with Gasteiger partial charge < -0.3 is 9.72 Å². The Morgan fingerprint density at radius 1 is 1.44 bits per heavy atom. The fraction of sp³-hybridized carbons (Fsp3) is 0.308. The molecule has 92 valence electrons. The highest BCUT2D eigenvalue weighted by atomic mass is 16.5. The van der Waals surface area contributed by atoms with Crippen LogP contribution >= 0.6 is 0 Å². The molecule has 1 aliphatic rings. The van der Waals surface area contributed by atoms with E-state index < -0.39 is 0 Å². The first-order valence-corrected chi connectivity index (χ1v) is 5.88. The summed E-state index contributed by atoms with van der Waals surface area (Å²) in [5, 5.41) is 0. The van der Waals surface area contributed by atoms with Crippen LogP contribution in [0.3, 0.4) is 0 Å². The molecule has 0 aliphatic heterocycles. The molecule has 0 spiro atoms. The number of pyridine rings is 1. The molecule has 1 fully saturated rings. The third-order valence-corrected chi connectivity index (χ3v) is 2.96. The summed E-state index contributed by atoms with van der Waals surface area (Å²) < 4.78 is 5.24. The molecule has 3 rings (SSSR count). The number of rotatable bonds is 3. The molecule has 0 amide bonds. The summed E-state index contributed by atoms with van der Waals surface area (Å²) in [5.41, 5.74) is 1.03. The number of hydrogen-bond donors (Lipinski definition) is 1. The van der Waals surface area contributed by atoms with E-state index in [1.54, 1.807) is 19.4 Å². The lowest BCUT2D eigenvalue weighted by Crippen LogP contribution is -2.11. The smallest absolute Gasteiger partial charge is 0.251 e. The number of aromatic nitrogens is 3. The second-order valence-electron chi connectivity index (χ2n) is 4.34. The molecule has 2 aromatic heterocycles. The fourth-order valence-electron chi connectivity index (χ4n) is 1.90. The largest absolute Gasteiger partial charge is 0.494 e. The third kappa shape index (κ3) is 1.99. The van der Waals surface area contributed by atoms with E-state index in [0.717, 1.165) is 18.7 Å². The number of aromatic amines is 1.